The molecule has 23 heavy (non-hydrogen) atoms. The van der Waals surface area contributed by atoms with Crippen molar-refractivity contribution in [2.45, 2.75) is 26.7 Å². The number of para-hydroxylation sites is 1. The second-order valence-electron chi connectivity index (χ2n) is 6.28. The highest BCUT2D eigenvalue weighted by molar-refractivity contribution is 5.96. The van der Waals surface area contributed by atoms with Gasteiger partial charge in [0.25, 0.3) is 5.91 Å². The van der Waals surface area contributed by atoms with E-state index in [1.165, 1.54) is 5.69 Å². The molecule has 5 heteroatoms. The van der Waals surface area contributed by atoms with Gasteiger partial charge in [-0.2, -0.15) is 0 Å². The molecule has 1 aliphatic heterocycles. The minimum absolute atomic E-state index is 0.0418. The number of carbonyl (C=O) groups excluding carboxylic acids is 1. The summed E-state index contributed by atoms with van der Waals surface area (Å²) >= 11 is 0. The first-order valence-electron chi connectivity index (χ1n) is 8.13. The quantitative estimate of drug-likeness (QED) is 0.874. The first-order valence-corrected chi connectivity index (χ1v) is 8.13. The molecule has 1 amide bonds. The first-order chi connectivity index (χ1) is 11.1. The lowest BCUT2D eigenvalue weighted by Crippen LogP contribution is -2.49. The van der Waals surface area contributed by atoms with Gasteiger partial charge in [-0.05, 0) is 19.1 Å². The number of nitrogens with zero attached hydrogens (tertiary/aromatic N) is 3. The molecule has 1 aliphatic rings. The van der Waals surface area contributed by atoms with E-state index in [0.717, 1.165) is 26.2 Å². The Balaban J connectivity index is 1.71. The zero-order valence-electron chi connectivity index (χ0n) is 14.0. The van der Waals surface area contributed by atoms with E-state index in [-0.39, 0.29) is 11.8 Å². The van der Waals surface area contributed by atoms with Gasteiger partial charge in [-0.15, -0.1) is 0 Å². The van der Waals surface area contributed by atoms with Gasteiger partial charge in [-0.25, -0.2) is 0 Å². The number of benzene rings is 1. The maximum absolute atomic E-state index is 12.9. The molecule has 0 spiro atoms. The number of hydrogen-bond donors (Lipinski definition) is 0. The highest BCUT2D eigenvalue weighted by Gasteiger charge is 2.29. The van der Waals surface area contributed by atoms with Gasteiger partial charge in [-0.1, -0.05) is 37.2 Å². The van der Waals surface area contributed by atoms with Crippen LogP contribution in [-0.4, -0.2) is 42.1 Å². The molecule has 1 aromatic carbocycles. The van der Waals surface area contributed by atoms with Crippen LogP contribution in [0, 0.1) is 6.92 Å². The summed E-state index contributed by atoms with van der Waals surface area (Å²) in [6.45, 7) is 9.00. The number of carbonyl (C=O) groups is 1. The van der Waals surface area contributed by atoms with Gasteiger partial charge in [0.1, 0.15) is 5.56 Å². The van der Waals surface area contributed by atoms with Crippen LogP contribution in [0.3, 0.4) is 0 Å². The van der Waals surface area contributed by atoms with Crippen LogP contribution in [0.25, 0.3) is 0 Å². The van der Waals surface area contributed by atoms with E-state index >= 15 is 0 Å². The van der Waals surface area contributed by atoms with Gasteiger partial charge in [0, 0.05) is 37.8 Å². The van der Waals surface area contributed by atoms with E-state index in [1.807, 2.05) is 43.9 Å². The Bertz CT molecular complexity index is 671. The zero-order valence-corrected chi connectivity index (χ0v) is 14.0. The largest absolute Gasteiger partial charge is 0.368 e. The maximum atomic E-state index is 12.9. The summed E-state index contributed by atoms with van der Waals surface area (Å²) < 4.78 is 5.35. The monoisotopic (exact) mass is 313 g/mol. The molecule has 0 radical (unpaired) electrons. The normalized spacial score (nSPS) is 15.3. The van der Waals surface area contributed by atoms with Crippen LogP contribution in [0.2, 0.25) is 0 Å². The van der Waals surface area contributed by atoms with E-state index < -0.39 is 0 Å². The van der Waals surface area contributed by atoms with Gasteiger partial charge in [0.2, 0.25) is 0 Å². The first kappa shape index (κ1) is 15.6. The fraction of sp³-hybridized carbons (Fsp3) is 0.444. The predicted octanol–water partition coefficient (Wildman–Crippen LogP) is 3.07. The fourth-order valence-corrected chi connectivity index (χ4v) is 3.01. The predicted molar refractivity (Wildman–Crippen MR) is 89.9 cm³/mol. The van der Waals surface area contributed by atoms with Crippen LogP contribution >= 0.6 is 0 Å². The molecule has 3 rings (SSSR count). The molecule has 0 unspecified atom stereocenters. The summed E-state index contributed by atoms with van der Waals surface area (Å²) in [7, 11) is 0. The van der Waals surface area contributed by atoms with Crippen molar-refractivity contribution < 1.29 is 9.32 Å². The molecule has 1 fully saturated rings. The smallest absolute Gasteiger partial charge is 0.259 e. The second kappa shape index (κ2) is 6.44. The lowest BCUT2D eigenvalue weighted by molar-refractivity contribution is 0.0743. The van der Waals surface area contributed by atoms with Gasteiger partial charge < -0.3 is 14.3 Å². The van der Waals surface area contributed by atoms with E-state index in [4.69, 9.17) is 4.52 Å². The van der Waals surface area contributed by atoms with Crippen molar-refractivity contribution in [2.75, 3.05) is 31.1 Å². The van der Waals surface area contributed by atoms with Gasteiger partial charge >= 0.3 is 0 Å². The van der Waals surface area contributed by atoms with Gasteiger partial charge in [-0.3, -0.25) is 4.79 Å². The van der Waals surface area contributed by atoms with Crippen LogP contribution < -0.4 is 4.90 Å². The zero-order chi connectivity index (χ0) is 16.4. The third kappa shape index (κ3) is 3.09. The van der Waals surface area contributed by atoms with Crippen molar-refractivity contribution >= 4 is 11.6 Å². The average molecular weight is 313 g/mol. The Kier molecular flexibility index (Phi) is 4.37. The summed E-state index contributed by atoms with van der Waals surface area (Å²) in [6.07, 6.45) is 0. The van der Waals surface area contributed by atoms with Crippen molar-refractivity contribution in [3.8, 4) is 0 Å². The van der Waals surface area contributed by atoms with E-state index in [1.54, 1.807) is 0 Å². The average Bonchev–Trinajstić information content (AvgIpc) is 2.97. The van der Waals surface area contributed by atoms with Crippen LogP contribution in [0.1, 0.15) is 41.6 Å². The van der Waals surface area contributed by atoms with Crippen LogP contribution in [0.5, 0.6) is 0 Å². The van der Waals surface area contributed by atoms with E-state index in [2.05, 4.69) is 22.2 Å². The molecule has 0 bridgehead atoms. The maximum Gasteiger partial charge on any atom is 0.259 e. The minimum Gasteiger partial charge on any atom is -0.368 e. The number of anilines is 1. The van der Waals surface area contributed by atoms with Crippen molar-refractivity contribution in [1.82, 2.24) is 10.1 Å². The van der Waals surface area contributed by atoms with E-state index in [0.29, 0.717) is 17.0 Å². The number of aryl methyl sites for hydroxylation is 1. The van der Waals surface area contributed by atoms with Crippen molar-refractivity contribution in [2.24, 2.45) is 0 Å². The summed E-state index contributed by atoms with van der Waals surface area (Å²) in [5.74, 6) is 0.888. The SMILES string of the molecule is Cc1noc(C(C)C)c1C(=O)N1CCN(c2ccccc2)CC1. The number of rotatable bonds is 3. The Morgan fingerprint density at radius 1 is 1.13 bits per heavy atom. The topological polar surface area (TPSA) is 49.6 Å². The minimum atomic E-state index is 0.0418. The van der Waals surface area contributed by atoms with Crippen molar-refractivity contribution in [3.63, 3.8) is 0 Å². The van der Waals surface area contributed by atoms with Crippen molar-refractivity contribution in [3.05, 3.63) is 47.3 Å². The number of piperazine rings is 1. The highest BCUT2D eigenvalue weighted by Crippen LogP contribution is 2.24. The lowest BCUT2D eigenvalue weighted by Gasteiger charge is -2.36. The third-order valence-corrected chi connectivity index (χ3v) is 4.32. The molecule has 1 saturated heterocycles. The number of aromatic nitrogens is 1. The van der Waals surface area contributed by atoms with Gasteiger partial charge in [0.15, 0.2) is 5.76 Å². The summed E-state index contributed by atoms with van der Waals surface area (Å²) in [5, 5.41) is 3.98. The number of hydrogen-bond acceptors (Lipinski definition) is 4. The molecular weight excluding hydrogens is 290 g/mol. The van der Waals surface area contributed by atoms with Gasteiger partial charge in [0.05, 0.1) is 5.69 Å². The second-order valence-corrected chi connectivity index (χ2v) is 6.28. The van der Waals surface area contributed by atoms with Crippen molar-refractivity contribution in [1.29, 1.82) is 0 Å². The molecule has 2 aromatic rings. The molecular formula is C18H23N3O2. The molecule has 5 nitrogen and oxygen atoms in total. The summed E-state index contributed by atoms with van der Waals surface area (Å²) in [4.78, 5) is 17.1. The molecule has 0 atom stereocenters. The fourth-order valence-electron chi connectivity index (χ4n) is 3.01. The Morgan fingerprint density at radius 2 is 1.78 bits per heavy atom. The molecule has 0 aliphatic carbocycles. The molecule has 0 N–H and O–H groups in total. The number of amides is 1. The summed E-state index contributed by atoms with van der Waals surface area (Å²) in [5.41, 5.74) is 2.54. The molecule has 2 heterocycles. The van der Waals surface area contributed by atoms with Crippen LogP contribution in [-0.2, 0) is 0 Å². The molecule has 0 saturated carbocycles. The third-order valence-electron chi connectivity index (χ3n) is 4.32. The molecule has 122 valence electrons. The van der Waals surface area contributed by atoms with E-state index in [9.17, 15) is 4.79 Å². The standard InChI is InChI=1S/C18H23N3O2/c1-13(2)17-16(14(3)19-23-17)18(22)21-11-9-20(10-12-21)15-7-5-4-6-8-15/h4-8,13H,9-12H2,1-3H3. The summed E-state index contributed by atoms with van der Waals surface area (Å²) in [6, 6.07) is 10.3. The van der Waals surface area contributed by atoms with Crippen LogP contribution in [0.15, 0.2) is 34.9 Å². The molecule has 1 aromatic heterocycles. The highest BCUT2D eigenvalue weighted by atomic mass is 16.5. The van der Waals surface area contributed by atoms with Crippen LogP contribution in [0.4, 0.5) is 5.69 Å². The lowest BCUT2D eigenvalue weighted by atomic mass is 10.0. The Morgan fingerprint density at radius 3 is 2.39 bits per heavy atom. The Labute approximate surface area is 136 Å². The Hall–Kier alpha value is -2.30.